The third kappa shape index (κ3) is 2.42. The zero-order valence-electron chi connectivity index (χ0n) is 10.3. The Morgan fingerprint density at radius 2 is 1.89 bits per heavy atom. The lowest BCUT2D eigenvalue weighted by Crippen LogP contribution is -2.05. The van der Waals surface area contributed by atoms with Crippen LogP contribution < -0.4 is 5.43 Å². The number of hydrogen-bond acceptors (Lipinski definition) is 3. The standard InChI is InChI=1S/C14H14O4/c1-8-5-11-12(15)7-10(3-4-14(16)17)18-13(11)6-9(8)2/h5-7H,3-4H2,1-2H3,(H,16,17). The molecule has 1 aromatic heterocycles. The maximum absolute atomic E-state index is 11.9. The number of fused-ring (bicyclic) bond motifs is 1. The Morgan fingerprint density at radius 3 is 2.56 bits per heavy atom. The second-order valence-electron chi connectivity index (χ2n) is 4.40. The lowest BCUT2D eigenvalue weighted by atomic mass is 10.1. The minimum absolute atomic E-state index is 0.0424. The fraction of sp³-hybridized carbons (Fsp3) is 0.286. The van der Waals surface area contributed by atoms with Crippen molar-refractivity contribution in [2.45, 2.75) is 26.7 Å². The van der Waals surface area contributed by atoms with Gasteiger partial charge < -0.3 is 9.52 Å². The molecule has 4 nitrogen and oxygen atoms in total. The van der Waals surface area contributed by atoms with Gasteiger partial charge >= 0.3 is 5.97 Å². The quantitative estimate of drug-likeness (QED) is 0.903. The van der Waals surface area contributed by atoms with Crippen molar-refractivity contribution in [3.63, 3.8) is 0 Å². The maximum Gasteiger partial charge on any atom is 0.303 e. The summed E-state index contributed by atoms with van der Waals surface area (Å²) in [4.78, 5) is 22.4. The van der Waals surface area contributed by atoms with Crippen molar-refractivity contribution in [3.05, 3.63) is 45.3 Å². The highest BCUT2D eigenvalue weighted by atomic mass is 16.4. The van der Waals surface area contributed by atoms with Crippen LogP contribution in [-0.2, 0) is 11.2 Å². The van der Waals surface area contributed by atoms with E-state index >= 15 is 0 Å². The SMILES string of the molecule is Cc1cc2oc(CCC(=O)O)cc(=O)c2cc1C. The number of carboxylic acids is 1. The van der Waals surface area contributed by atoms with Gasteiger partial charge in [-0.25, -0.2) is 0 Å². The van der Waals surface area contributed by atoms with Crippen LogP contribution in [0, 0.1) is 13.8 Å². The third-order valence-electron chi connectivity index (χ3n) is 2.98. The molecule has 0 fully saturated rings. The minimum atomic E-state index is -0.905. The summed E-state index contributed by atoms with van der Waals surface area (Å²) in [5.74, 6) is -0.490. The Hall–Kier alpha value is -2.10. The molecule has 94 valence electrons. The Bertz CT molecular complexity index is 667. The van der Waals surface area contributed by atoms with Gasteiger partial charge in [-0.15, -0.1) is 0 Å². The van der Waals surface area contributed by atoms with Crippen molar-refractivity contribution in [3.8, 4) is 0 Å². The van der Waals surface area contributed by atoms with E-state index in [4.69, 9.17) is 9.52 Å². The number of hydrogen-bond donors (Lipinski definition) is 1. The molecule has 0 radical (unpaired) electrons. The summed E-state index contributed by atoms with van der Waals surface area (Å²) in [6.07, 6.45) is 0.187. The highest BCUT2D eigenvalue weighted by molar-refractivity contribution is 5.78. The van der Waals surface area contributed by atoms with Crippen molar-refractivity contribution in [2.75, 3.05) is 0 Å². The first-order valence-corrected chi connectivity index (χ1v) is 5.73. The van der Waals surface area contributed by atoms with Gasteiger partial charge in [0.15, 0.2) is 5.43 Å². The van der Waals surface area contributed by atoms with Crippen LogP contribution in [0.4, 0.5) is 0 Å². The average molecular weight is 246 g/mol. The van der Waals surface area contributed by atoms with E-state index in [9.17, 15) is 9.59 Å². The summed E-state index contributed by atoms with van der Waals surface area (Å²) in [7, 11) is 0. The van der Waals surface area contributed by atoms with Crippen molar-refractivity contribution < 1.29 is 14.3 Å². The van der Waals surface area contributed by atoms with Gasteiger partial charge in [-0.2, -0.15) is 0 Å². The normalized spacial score (nSPS) is 10.8. The van der Waals surface area contributed by atoms with Crippen LogP contribution in [0.3, 0.4) is 0 Å². The summed E-state index contributed by atoms with van der Waals surface area (Å²) in [5.41, 5.74) is 2.47. The van der Waals surface area contributed by atoms with Crippen LogP contribution in [0.1, 0.15) is 23.3 Å². The molecule has 18 heavy (non-hydrogen) atoms. The number of benzene rings is 1. The molecule has 0 amide bonds. The zero-order valence-corrected chi connectivity index (χ0v) is 10.3. The smallest absolute Gasteiger partial charge is 0.303 e. The van der Waals surface area contributed by atoms with Crippen molar-refractivity contribution in [1.82, 2.24) is 0 Å². The summed E-state index contributed by atoms with van der Waals surface area (Å²) < 4.78 is 5.57. The predicted octanol–water partition coefficient (Wildman–Crippen LogP) is 2.43. The van der Waals surface area contributed by atoms with E-state index in [2.05, 4.69) is 0 Å². The number of carbonyl (C=O) groups is 1. The maximum atomic E-state index is 11.9. The molecule has 1 heterocycles. The highest BCUT2D eigenvalue weighted by Gasteiger charge is 2.08. The molecule has 0 aliphatic rings. The van der Waals surface area contributed by atoms with Gasteiger partial charge in [0.1, 0.15) is 11.3 Å². The van der Waals surface area contributed by atoms with Crippen molar-refractivity contribution in [2.24, 2.45) is 0 Å². The first kappa shape index (κ1) is 12.4. The van der Waals surface area contributed by atoms with Gasteiger partial charge in [0, 0.05) is 12.5 Å². The molecular weight excluding hydrogens is 232 g/mol. The van der Waals surface area contributed by atoms with Gasteiger partial charge in [0.2, 0.25) is 0 Å². The molecule has 0 bridgehead atoms. The molecule has 1 aromatic carbocycles. The average Bonchev–Trinajstić information content (AvgIpc) is 2.29. The molecule has 4 heteroatoms. The van der Waals surface area contributed by atoms with Crippen LogP contribution in [0.5, 0.6) is 0 Å². The van der Waals surface area contributed by atoms with Crippen LogP contribution in [-0.4, -0.2) is 11.1 Å². The van der Waals surface area contributed by atoms with E-state index in [1.807, 2.05) is 19.9 Å². The molecule has 0 atom stereocenters. The second kappa shape index (κ2) is 4.64. The van der Waals surface area contributed by atoms with Crippen molar-refractivity contribution >= 4 is 16.9 Å². The molecule has 0 unspecified atom stereocenters. The molecule has 0 spiro atoms. The Balaban J connectivity index is 2.51. The Morgan fingerprint density at radius 1 is 1.22 bits per heavy atom. The zero-order chi connectivity index (χ0) is 13.3. The molecule has 0 saturated carbocycles. The van der Waals surface area contributed by atoms with Gasteiger partial charge in [0.05, 0.1) is 11.8 Å². The molecule has 0 aliphatic heterocycles. The van der Waals surface area contributed by atoms with Crippen molar-refractivity contribution in [1.29, 1.82) is 0 Å². The van der Waals surface area contributed by atoms with E-state index in [0.29, 0.717) is 16.7 Å². The molecule has 2 aromatic rings. The van der Waals surface area contributed by atoms with E-state index in [1.54, 1.807) is 6.07 Å². The van der Waals surface area contributed by atoms with E-state index < -0.39 is 5.97 Å². The van der Waals surface area contributed by atoms with Crippen LogP contribution >= 0.6 is 0 Å². The Kier molecular flexibility index (Phi) is 3.19. The Labute approximate surface area is 104 Å². The molecule has 0 aliphatic carbocycles. The van der Waals surface area contributed by atoms with E-state index in [1.165, 1.54) is 6.07 Å². The van der Waals surface area contributed by atoms with Gasteiger partial charge in [-0.05, 0) is 37.1 Å². The van der Waals surface area contributed by atoms with Crippen LogP contribution in [0.15, 0.2) is 27.4 Å². The third-order valence-corrected chi connectivity index (χ3v) is 2.98. The number of aliphatic carboxylic acids is 1. The van der Waals surface area contributed by atoms with Gasteiger partial charge in [0.25, 0.3) is 0 Å². The minimum Gasteiger partial charge on any atom is -0.481 e. The summed E-state index contributed by atoms with van der Waals surface area (Å²) in [5, 5.41) is 9.16. The monoisotopic (exact) mass is 246 g/mol. The fourth-order valence-electron chi connectivity index (χ4n) is 1.81. The lowest BCUT2D eigenvalue weighted by Gasteiger charge is -2.05. The molecule has 0 saturated heterocycles. The van der Waals surface area contributed by atoms with Gasteiger partial charge in [-0.1, -0.05) is 0 Å². The second-order valence-corrected chi connectivity index (χ2v) is 4.40. The van der Waals surface area contributed by atoms with E-state index in [-0.39, 0.29) is 18.3 Å². The van der Waals surface area contributed by atoms with Crippen LogP contribution in [0.25, 0.3) is 11.0 Å². The highest BCUT2D eigenvalue weighted by Crippen LogP contribution is 2.18. The summed E-state index contributed by atoms with van der Waals surface area (Å²) in [6, 6.07) is 4.99. The number of carboxylic acid groups (broad SMARTS) is 1. The first-order valence-electron chi connectivity index (χ1n) is 5.73. The first-order chi connectivity index (χ1) is 8.47. The molecule has 2 rings (SSSR count). The largest absolute Gasteiger partial charge is 0.481 e. The topological polar surface area (TPSA) is 67.5 Å². The number of rotatable bonds is 3. The summed E-state index contributed by atoms with van der Waals surface area (Å²) >= 11 is 0. The summed E-state index contributed by atoms with van der Waals surface area (Å²) in [6.45, 7) is 3.88. The fourth-order valence-corrected chi connectivity index (χ4v) is 1.81. The lowest BCUT2D eigenvalue weighted by molar-refractivity contribution is -0.137. The number of aryl methyl sites for hydroxylation is 3. The van der Waals surface area contributed by atoms with Crippen LogP contribution in [0.2, 0.25) is 0 Å². The predicted molar refractivity (Wildman–Crippen MR) is 67.9 cm³/mol. The molecule has 1 N–H and O–H groups in total. The van der Waals surface area contributed by atoms with Gasteiger partial charge in [-0.3, -0.25) is 9.59 Å². The molecular formula is C14H14O4. The van der Waals surface area contributed by atoms with E-state index in [0.717, 1.165) is 11.1 Å².